The Balaban J connectivity index is 2.91. The maximum absolute atomic E-state index is 8.00. The van der Waals surface area contributed by atoms with E-state index in [9.17, 15) is 0 Å². The normalized spacial score (nSPS) is 10.2. The van der Waals surface area contributed by atoms with Gasteiger partial charge in [0.25, 0.3) is 0 Å². The lowest BCUT2D eigenvalue weighted by Crippen LogP contribution is -2.12. The highest BCUT2D eigenvalue weighted by atomic mass is 16.6. The number of azide groups is 1. The monoisotopic (exact) mass is 246 g/mol. The summed E-state index contributed by atoms with van der Waals surface area (Å²) >= 11 is 0. The fourth-order valence-electron chi connectivity index (χ4n) is 0.912. The van der Waals surface area contributed by atoms with E-state index < -0.39 is 0 Å². The van der Waals surface area contributed by atoms with E-state index in [4.69, 9.17) is 24.5 Å². The molecule has 0 saturated heterocycles. The SMILES string of the molecule is [CH2]COCCOCCOCCOCCN=[N+]=[N-]. The second-order valence-electron chi connectivity index (χ2n) is 2.90. The molecule has 7 nitrogen and oxygen atoms in total. The van der Waals surface area contributed by atoms with Gasteiger partial charge in [-0.05, 0) is 12.5 Å². The van der Waals surface area contributed by atoms with Crippen molar-refractivity contribution >= 4 is 0 Å². The number of hydrogen-bond donors (Lipinski definition) is 0. The third-order valence-electron chi connectivity index (χ3n) is 1.66. The van der Waals surface area contributed by atoms with Crippen molar-refractivity contribution in [2.45, 2.75) is 0 Å². The van der Waals surface area contributed by atoms with Crippen LogP contribution in [0, 0.1) is 6.92 Å². The molecule has 0 fully saturated rings. The van der Waals surface area contributed by atoms with Crippen LogP contribution in [-0.2, 0) is 18.9 Å². The molecule has 1 radical (unpaired) electrons. The first-order chi connectivity index (χ1) is 8.41. The van der Waals surface area contributed by atoms with E-state index in [1.807, 2.05) is 0 Å². The second-order valence-corrected chi connectivity index (χ2v) is 2.90. The largest absolute Gasteiger partial charge is 0.379 e. The van der Waals surface area contributed by atoms with E-state index in [0.29, 0.717) is 59.4 Å². The van der Waals surface area contributed by atoms with E-state index in [1.54, 1.807) is 0 Å². The van der Waals surface area contributed by atoms with Crippen molar-refractivity contribution in [3.8, 4) is 0 Å². The zero-order valence-electron chi connectivity index (χ0n) is 10.0. The molecule has 0 bridgehead atoms. The first kappa shape index (κ1) is 16.1. The molecule has 0 saturated carbocycles. The first-order valence-electron chi connectivity index (χ1n) is 5.53. The minimum absolute atomic E-state index is 0.353. The summed E-state index contributed by atoms with van der Waals surface area (Å²) < 4.78 is 20.6. The van der Waals surface area contributed by atoms with Gasteiger partial charge in [0.2, 0.25) is 0 Å². The molecule has 0 amide bonds. The molecule has 0 spiro atoms. The van der Waals surface area contributed by atoms with Crippen molar-refractivity contribution in [3.63, 3.8) is 0 Å². The highest BCUT2D eigenvalue weighted by molar-refractivity contribution is 4.44. The van der Waals surface area contributed by atoms with Crippen molar-refractivity contribution in [2.24, 2.45) is 5.11 Å². The smallest absolute Gasteiger partial charge is 0.0701 e. The molecule has 99 valence electrons. The van der Waals surface area contributed by atoms with Gasteiger partial charge in [0.1, 0.15) is 0 Å². The molecule has 0 N–H and O–H groups in total. The molecule has 0 rings (SSSR count). The van der Waals surface area contributed by atoms with Gasteiger partial charge >= 0.3 is 0 Å². The third kappa shape index (κ3) is 15.1. The lowest BCUT2D eigenvalue weighted by atomic mass is 10.7. The van der Waals surface area contributed by atoms with E-state index >= 15 is 0 Å². The molecule has 0 aromatic rings. The fourth-order valence-corrected chi connectivity index (χ4v) is 0.912. The molecule has 0 aliphatic carbocycles. The Labute approximate surface area is 102 Å². The van der Waals surface area contributed by atoms with Crippen LogP contribution >= 0.6 is 0 Å². The summed E-state index contributed by atoms with van der Waals surface area (Å²) in [6.07, 6.45) is 0. The lowest BCUT2D eigenvalue weighted by molar-refractivity contribution is 0.00168. The first-order valence-corrected chi connectivity index (χ1v) is 5.53. The highest BCUT2D eigenvalue weighted by Crippen LogP contribution is 1.83. The topological polar surface area (TPSA) is 85.7 Å². The summed E-state index contributed by atoms with van der Waals surface area (Å²) in [5.74, 6) is 0. The second kappa shape index (κ2) is 15.1. The van der Waals surface area contributed by atoms with Crippen molar-refractivity contribution < 1.29 is 18.9 Å². The minimum atomic E-state index is 0.353. The van der Waals surface area contributed by atoms with E-state index in [0.717, 1.165) is 0 Å². The highest BCUT2D eigenvalue weighted by Gasteiger charge is 1.91. The predicted octanol–water partition coefficient (Wildman–Crippen LogP) is 1.20. The zero-order chi connectivity index (χ0) is 12.6. The van der Waals surface area contributed by atoms with Crippen LogP contribution in [-0.4, -0.2) is 59.4 Å². The van der Waals surface area contributed by atoms with Crippen LogP contribution in [0.2, 0.25) is 0 Å². The third-order valence-corrected chi connectivity index (χ3v) is 1.66. The Hall–Kier alpha value is -0.850. The lowest BCUT2D eigenvalue weighted by Gasteiger charge is -2.06. The van der Waals surface area contributed by atoms with Crippen LogP contribution in [0.3, 0.4) is 0 Å². The molecular formula is C10H20N3O4. The molecule has 0 heterocycles. The van der Waals surface area contributed by atoms with Crippen LogP contribution in [0.5, 0.6) is 0 Å². The Bertz CT molecular complexity index is 198. The van der Waals surface area contributed by atoms with Crippen LogP contribution in [0.25, 0.3) is 10.4 Å². The van der Waals surface area contributed by atoms with Crippen molar-refractivity contribution in [1.29, 1.82) is 0 Å². The Morgan fingerprint density at radius 1 is 0.824 bits per heavy atom. The van der Waals surface area contributed by atoms with Gasteiger partial charge in [-0.15, -0.1) is 0 Å². The minimum Gasteiger partial charge on any atom is -0.379 e. The Morgan fingerprint density at radius 3 is 1.76 bits per heavy atom. The van der Waals surface area contributed by atoms with Gasteiger partial charge in [-0.2, -0.15) is 0 Å². The average molecular weight is 246 g/mol. The molecule has 0 aliphatic heterocycles. The summed E-state index contributed by atoms with van der Waals surface area (Å²) in [6.45, 7) is 7.97. The van der Waals surface area contributed by atoms with Gasteiger partial charge in [0.05, 0.1) is 46.2 Å². The van der Waals surface area contributed by atoms with Gasteiger partial charge in [-0.25, -0.2) is 0 Å². The number of ether oxygens (including phenoxy) is 4. The van der Waals surface area contributed by atoms with Crippen LogP contribution < -0.4 is 0 Å². The maximum Gasteiger partial charge on any atom is 0.0701 e. The van der Waals surface area contributed by atoms with E-state index in [1.165, 1.54) is 0 Å². The average Bonchev–Trinajstić information content (AvgIpc) is 2.35. The number of rotatable bonds is 13. The van der Waals surface area contributed by atoms with E-state index in [-0.39, 0.29) is 0 Å². The van der Waals surface area contributed by atoms with E-state index in [2.05, 4.69) is 16.9 Å². The Morgan fingerprint density at radius 2 is 1.29 bits per heavy atom. The summed E-state index contributed by atoms with van der Waals surface area (Å²) in [5.41, 5.74) is 8.00. The van der Waals surface area contributed by atoms with Gasteiger partial charge in [-0.3, -0.25) is 0 Å². The predicted molar refractivity (Wildman–Crippen MR) is 62.6 cm³/mol. The summed E-state index contributed by atoms with van der Waals surface area (Å²) in [5, 5.41) is 3.33. The standard InChI is InChI=1S/C10H20N3O4/c1-2-14-5-6-16-9-10-17-8-7-15-4-3-12-13-11/h1-10H2. The molecule has 0 aromatic heterocycles. The van der Waals surface area contributed by atoms with Gasteiger partial charge < -0.3 is 18.9 Å². The van der Waals surface area contributed by atoms with Crippen LogP contribution in [0.15, 0.2) is 5.11 Å². The number of nitrogens with zero attached hydrogens (tertiary/aromatic N) is 3. The van der Waals surface area contributed by atoms with Gasteiger partial charge in [0, 0.05) is 18.1 Å². The number of hydrogen-bond acceptors (Lipinski definition) is 5. The fraction of sp³-hybridized carbons (Fsp3) is 0.900. The molecule has 17 heavy (non-hydrogen) atoms. The van der Waals surface area contributed by atoms with Gasteiger partial charge in [0.15, 0.2) is 0 Å². The van der Waals surface area contributed by atoms with Crippen LogP contribution in [0.4, 0.5) is 0 Å². The molecular weight excluding hydrogens is 226 g/mol. The van der Waals surface area contributed by atoms with Crippen molar-refractivity contribution in [3.05, 3.63) is 17.4 Å². The maximum atomic E-state index is 8.00. The summed E-state index contributed by atoms with van der Waals surface area (Å²) in [6, 6.07) is 0. The van der Waals surface area contributed by atoms with Gasteiger partial charge in [-0.1, -0.05) is 5.11 Å². The Kier molecular flexibility index (Phi) is 14.4. The summed E-state index contributed by atoms with van der Waals surface area (Å²) in [7, 11) is 0. The molecule has 0 unspecified atom stereocenters. The quantitative estimate of drug-likeness (QED) is 0.211. The molecule has 0 atom stereocenters. The summed E-state index contributed by atoms with van der Waals surface area (Å²) in [4.78, 5) is 2.61. The van der Waals surface area contributed by atoms with Crippen molar-refractivity contribution in [2.75, 3.05) is 59.4 Å². The molecule has 0 aromatic carbocycles. The van der Waals surface area contributed by atoms with Crippen LogP contribution in [0.1, 0.15) is 0 Å². The zero-order valence-corrected chi connectivity index (χ0v) is 10.0. The molecule has 7 heteroatoms. The molecule has 0 aliphatic rings. The van der Waals surface area contributed by atoms with Crippen molar-refractivity contribution in [1.82, 2.24) is 0 Å².